The summed E-state index contributed by atoms with van der Waals surface area (Å²) in [5.74, 6) is 1.05. The number of nitrogens with one attached hydrogen (secondary N) is 1. The van der Waals surface area contributed by atoms with Gasteiger partial charge in [0.25, 0.3) is 11.5 Å². The minimum Gasteiger partial charge on any atom is -0.497 e. The first kappa shape index (κ1) is 20.2. The molecule has 2 aromatic heterocycles. The van der Waals surface area contributed by atoms with Crippen LogP contribution in [0.1, 0.15) is 21.6 Å². The van der Waals surface area contributed by atoms with Gasteiger partial charge in [-0.15, -0.1) is 0 Å². The third-order valence-corrected chi connectivity index (χ3v) is 4.80. The number of nitrogens with zero attached hydrogens (tertiary/aromatic N) is 2. The van der Waals surface area contributed by atoms with Crippen LogP contribution in [0.2, 0.25) is 0 Å². The molecule has 156 valence electrons. The number of ether oxygens (including phenoxy) is 2. The molecule has 7 nitrogen and oxygen atoms in total. The molecule has 0 bridgehead atoms. The van der Waals surface area contributed by atoms with E-state index in [-0.39, 0.29) is 18.1 Å². The molecule has 1 N–H and O–H groups in total. The Kier molecular flexibility index (Phi) is 5.66. The molecule has 4 rings (SSSR count). The van der Waals surface area contributed by atoms with Crippen LogP contribution in [0, 0.1) is 6.92 Å². The van der Waals surface area contributed by atoms with E-state index in [1.165, 1.54) is 10.5 Å². The highest BCUT2D eigenvalue weighted by Crippen LogP contribution is 2.24. The summed E-state index contributed by atoms with van der Waals surface area (Å²) in [5.41, 5.74) is 2.95. The van der Waals surface area contributed by atoms with E-state index in [0.29, 0.717) is 34.1 Å². The van der Waals surface area contributed by atoms with Crippen LogP contribution in [-0.2, 0) is 6.61 Å². The molecule has 2 aromatic carbocycles. The molecule has 31 heavy (non-hydrogen) atoms. The molecule has 0 radical (unpaired) electrons. The summed E-state index contributed by atoms with van der Waals surface area (Å²) < 4.78 is 12.5. The molecule has 0 spiro atoms. The molecule has 2 heterocycles. The molecule has 1 amide bonds. The summed E-state index contributed by atoms with van der Waals surface area (Å²) in [6, 6.07) is 19.1. The number of methoxy groups -OCH3 is 1. The van der Waals surface area contributed by atoms with E-state index >= 15 is 0 Å². The van der Waals surface area contributed by atoms with Crippen LogP contribution in [-0.4, -0.2) is 22.4 Å². The van der Waals surface area contributed by atoms with E-state index in [4.69, 9.17) is 9.47 Å². The molecule has 0 saturated carbocycles. The Morgan fingerprint density at radius 1 is 1.06 bits per heavy atom. The topological polar surface area (TPSA) is 81.9 Å². The van der Waals surface area contributed by atoms with Crippen LogP contribution >= 0.6 is 0 Å². The molecule has 0 aliphatic carbocycles. The maximum Gasteiger partial charge on any atom is 0.258 e. The summed E-state index contributed by atoms with van der Waals surface area (Å²) in [6.45, 7) is 2.05. The van der Waals surface area contributed by atoms with Crippen molar-refractivity contribution in [1.29, 1.82) is 0 Å². The molecule has 4 aromatic rings. The number of rotatable bonds is 6. The van der Waals surface area contributed by atoms with Gasteiger partial charge in [-0.1, -0.05) is 12.1 Å². The van der Waals surface area contributed by atoms with E-state index < -0.39 is 0 Å². The van der Waals surface area contributed by atoms with E-state index in [9.17, 15) is 9.59 Å². The first-order valence-electron chi connectivity index (χ1n) is 9.70. The molecule has 0 saturated heterocycles. The molecule has 0 aliphatic heterocycles. The van der Waals surface area contributed by atoms with Crippen molar-refractivity contribution < 1.29 is 14.3 Å². The van der Waals surface area contributed by atoms with Gasteiger partial charge in [0, 0.05) is 29.6 Å². The quantitative estimate of drug-likeness (QED) is 0.517. The number of benzene rings is 2. The van der Waals surface area contributed by atoms with E-state index in [2.05, 4.69) is 10.3 Å². The number of aryl methyl sites for hydroxylation is 1. The van der Waals surface area contributed by atoms with E-state index in [1.54, 1.807) is 55.8 Å². The fourth-order valence-corrected chi connectivity index (χ4v) is 3.11. The SMILES string of the molecule is COc1ccc(C(=O)Nc2ccc(C)c(OCc3cc(=O)n4ccccc4n3)c2)cc1. The van der Waals surface area contributed by atoms with Crippen LogP contribution in [0.25, 0.3) is 5.65 Å². The minimum atomic E-state index is -0.235. The van der Waals surface area contributed by atoms with Gasteiger partial charge in [-0.2, -0.15) is 0 Å². The molecular weight excluding hydrogens is 394 g/mol. The Morgan fingerprint density at radius 3 is 2.65 bits per heavy atom. The van der Waals surface area contributed by atoms with Gasteiger partial charge in [0.15, 0.2) is 0 Å². The zero-order chi connectivity index (χ0) is 21.8. The number of hydrogen-bond acceptors (Lipinski definition) is 5. The standard InChI is InChI=1S/C24H21N3O4/c1-16-6-9-18(26-24(29)17-7-10-20(30-2)11-8-17)13-21(16)31-15-19-14-23(28)27-12-4-3-5-22(27)25-19/h3-14H,15H2,1-2H3,(H,26,29). The van der Waals surface area contributed by atoms with Crippen LogP contribution in [0.5, 0.6) is 11.5 Å². The second-order valence-electron chi connectivity index (χ2n) is 6.97. The third-order valence-electron chi connectivity index (χ3n) is 4.80. The number of carbonyl (C=O) groups excluding carboxylic acids is 1. The van der Waals surface area contributed by atoms with Gasteiger partial charge in [0.2, 0.25) is 0 Å². The third kappa shape index (κ3) is 4.56. The Bertz CT molecular complexity index is 1300. The first-order chi connectivity index (χ1) is 15.0. The Balaban J connectivity index is 1.49. The smallest absolute Gasteiger partial charge is 0.258 e. The second kappa shape index (κ2) is 8.71. The highest BCUT2D eigenvalue weighted by molar-refractivity contribution is 6.04. The van der Waals surface area contributed by atoms with Gasteiger partial charge < -0.3 is 14.8 Å². The van der Waals surface area contributed by atoms with Gasteiger partial charge in [-0.3, -0.25) is 14.0 Å². The lowest BCUT2D eigenvalue weighted by atomic mass is 10.1. The Hall–Kier alpha value is -4.13. The largest absolute Gasteiger partial charge is 0.497 e. The lowest BCUT2D eigenvalue weighted by Crippen LogP contribution is -2.16. The molecule has 0 atom stereocenters. The lowest BCUT2D eigenvalue weighted by molar-refractivity contribution is 0.102. The molecule has 0 aliphatic rings. The average Bonchev–Trinajstić information content (AvgIpc) is 2.79. The number of hydrogen-bond donors (Lipinski definition) is 1. The number of fused-ring (bicyclic) bond motifs is 1. The van der Waals surface area contributed by atoms with Crippen molar-refractivity contribution in [2.24, 2.45) is 0 Å². The fourth-order valence-electron chi connectivity index (χ4n) is 3.11. The number of carbonyl (C=O) groups is 1. The number of anilines is 1. The predicted octanol–water partition coefficient (Wildman–Crippen LogP) is 3.84. The summed E-state index contributed by atoms with van der Waals surface area (Å²) in [4.78, 5) is 29.2. The minimum absolute atomic E-state index is 0.136. The highest BCUT2D eigenvalue weighted by Gasteiger charge is 2.09. The van der Waals surface area contributed by atoms with Crippen molar-refractivity contribution in [1.82, 2.24) is 9.38 Å². The second-order valence-corrected chi connectivity index (χ2v) is 6.97. The van der Waals surface area contributed by atoms with Gasteiger partial charge in [-0.25, -0.2) is 4.98 Å². The monoisotopic (exact) mass is 415 g/mol. The normalized spacial score (nSPS) is 10.6. The number of aromatic nitrogens is 2. The van der Waals surface area contributed by atoms with Gasteiger partial charge in [-0.05, 0) is 55.0 Å². The summed E-state index contributed by atoms with van der Waals surface area (Å²) in [5, 5.41) is 2.87. The Morgan fingerprint density at radius 2 is 1.87 bits per heavy atom. The molecule has 0 unspecified atom stereocenters. The van der Waals surface area contributed by atoms with Crippen molar-refractivity contribution in [3.05, 3.63) is 100 Å². The van der Waals surface area contributed by atoms with Crippen molar-refractivity contribution in [2.75, 3.05) is 12.4 Å². The zero-order valence-electron chi connectivity index (χ0n) is 17.2. The van der Waals surface area contributed by atoms with Gasteiger partial charge in [0.05, 0.1) is 12.8 Å². The summed E-state index contributed by atoms with van der Waals surface area (Å²) >= 11 is 0. The van der Waals surface area contributed by atoms with Crippen molar-refractivity contribution in [2.45, 2.75) is 13.5 Å². The lowest BCUT2D eigenvalue weighted by Gasteiger charge is -2.12. The highest BCUT2D eigenvalue weighted by atomic mass is 16.5. The van der Waals surface area contributed by atoms with Crippen LogP contribution in [0.4, 0.5) is 5.69 Å². The van der Waals surface area contributed by atoms with E-state index in [0.717, 1.165) is 5.56 Å². The van der Waals surface area contributed by atoms with Crippen molar-refractivity contribution in [3.8, 4) is 11.5 Å². The van der Waals surface area contributed by atoms with Crippen LogP contribution in [0.15, 0.2) is 77.7 Å². The van der Waals surface area contributed by atoms with Gasteiger partial charge >= 0.3 is 0 Å². The first-order valence-corrected chi connectivity index (χ1v) is 9.70. The summed E-state index contributed by atoms with van der Waals surface area (Å²) in [7, 11) is 1.58. The van der Waals surface area contributed by atoms with Crippen molar-refractivity contribution in [3.63, 3.8) is 0 Å². The maximum atomic E-state index is 12.5. The maximum absolute atomic E-state index is 12.5. The zero-order valence-corrected chi connectivity index (χ0v) is 17.2. The molecular formula is C24H21N3O4. The number of amides is 1. The van der Waals surface area contributed by atoms with Crippen LogP contribution in [0.3, 0.4) is 0 Å². The average molecular weight is 415 g/mol. The number of pyridine rings is 1. The fraction of sp³-hybridized carbons (Fsp3) is 0.125. The summed E-state index contributed by atoms with van der Waals surface area (Å²) in [6.07, 6.45) is 1.68. The van der Waals surface area contributed by atoms with E-state index in [1.807, 2.05) is 25.1 Å². The molecule has 0 fully saturated rings. The van der Waals surface area contributed by atoms with Crippen molar-refractivity contribution >= 4 is 17.2 Å². The molecule has 7 heteroatoms. The van der Waals surface area contributed by atoms with Gasteiger partial charge in [0.1, 0.15) is 23.8 Å². The van der Waals surface area contributed by atoms with Crippen LogP contribution < -0.4 is 20.3 Å². The predicted molar refractivity (Wildman–Crippen MR) is 118 cm³/mol. The Labute approximate surface area is 178 Å².